The second kappa shape index (κ2) is 4.33. The lowest BCUT2D eigenvalue weighted by Crippen LogP contribution is -2.34. The second-order valence-electron chi connectivity index (χ2n) is 5.81. The zero-order valence-corrected chi connectivity index (χ0v) is 10.8. The molecule has 1 heterocycles. The number of fused-ring (bicyclic) bond motifs is 1. The van der Waals surface area contributed by atoms with Crippen molar-refractivity contribution in [2.45, 2.75) is 62.2 Å². The Balaban J connectivity index is 2.09. The van der Waals surface area contributed by atoms with Gasteiger partial charge in [0.2, 0.25) is 0 Å². The summed E-state index contributed by atoms with van der Waals surface area (Å²) in [6.07, 6.45) is 7.56. The minimum Gasteiger partial charge on any atom is -0.291 e. The van der Waals surface area contributed by atoms with Gasteiger partial charge in [0.1, 0.15) is 0 Å². The zero-order chi connectivity index (χ0) is 11.1. The number of hydrogen-bond acceptors (Lipinski definition) is 2. The first-order chi connectivity index (χ1) is 6.99. The molecule has 15 heavy (non-hydrogen) atoms. The summed E-state index contributed by atoms with van der Waals surface area (Å²) in [7, 11) is 8.57. The molecule has 2 radical (unpaired) electrons. The monoisotopic (exact) mass is 223 g/mol. The summed E-state index contributed by atoms with van der Waals surface area (Å²) in [5, 5.41) is 0.510. The number of rotatable bonds is 0. The van der Waals surface area contributed by atoms with Gasteiger partial charge in [-0.3, -0.25) is 4.90 Å². The topological polar surface area (TPSA) is 3.24 Å². The van der Waals surface area contributed by atoms with E-state index in [4.69, 9.17) is 7.85 Å². The minimum atomic E-state index is 0.0576. The maximum Gasteiger partial charge on any atom is 0.0742 e. The summed E-state index contributed by atoms with van der Waals surface area (Å²) in [5.74, 6) is 0.771. The first-order valence-corrected chi connectivity index (χ1v) is 6.70. The van der Waals surface area contributed by atoms with Crippen LogP contribution in [0.15, 0.2) is 0 Å². The van der Waals surface area contributed by atoms with Crippen LogP contribution in [0.2, 0.25) is 5.31 Å². The van der Waals surface area contributed by atoms with Crippen LogP contribution in [0.3, 0.4) is 0 Å². The van der Waals surface area contributed by atoms with Gasteiger partial charge in [-0.2, -0.15) is 12.6 Å². The highest BCUT2D eigenvalue weighted by atomic mass is 32.1. The van der Waals surface area contributed by atoms with Gasteiger partial charge in [0.25, 0.3) is 0 Å². The summed E-state index contributed by atoms with van der Waals surface area (Å²) in [5.41, 5.74) is 0. The van der Waals surface area contributed by atoms with E-state index < -0.39 is 0 Å². The highest BCUT2D eigenvalue weighted by Gasteiger charge is 2.40. The van der Waals surface area contributed by atoms with Gasteiger partial charge in [-0.25, -0.2) is 0 Å². The van der Waals surface area contributed by atoms with E-state index in [1.807, 2.05) is 0 Å². The van der Waals surface area contributed by atoms with E-state index in [9.17, 15) is 0 Å². The summed E-state index contributed by atoms with van der Waals surface area (Å²) in [6.45, 7) is 2.22. The van der Waals surface area contributed by atoms with Crippen molar-refractivity contribution in [2.24, 2.45) is 5.92 Å². The molecule has 1 nitrogen and oxygen atoms in total. The van der Waals surface area contributed by atoms with Crippen molar-refractivity contribution in [1.82, 2.24) is 4.90 Å². The molecule has 0 bridgehead atoms. The molecule has 1 saturated carbocycles. The second-order valence-corrected chi connectivity index (χ2v) is 6.41. The van der Waals surface area contributed by atoms with E-state index in [1.54, 1.807) is 0 Å². The van der Waals surface area contributed by atoms with Crippen molar-refractivity contribution >= 4 is 20.5 Å². The van der Waals surface area contributed by atoms with Gasteiger partial charge in [0.15, 0.2) is 0 Å². The number of likely N-dealkylation sites (tertiary alicyclic amines) is 1. The summed E-state index contributed by atoms with van der Waals surface area (Å²) >= 11 is 4.65. The largest absolute Gasteiger partial charge is 0.291 e. The van der Waals surface area contributed by atoms with Crippen molar-refractivity contribution < 1.29 is 0 Å². The van der Waals surface area contributed by atoms with Crippen LogP contribution in [-0.2, 0) is 0 Å². The third-order valence-electron chi connectivity index (χ3n) is 4.28. The van der Waals surface area contributed by atoms with Gasteiger partial charge in [0.05, 0.1) is 13.2 Å². The standard InChI is InChI=1S/C12H22BNS/c1-12(13)6-4-3-5-10-9(8-12)7-11(15)14(10)2/h9-11,15H,3-8H2,1-2H3. The molecule has 0 amide bonds. The number of nitrogens with zero attached hydrogens (tertiary/aromatic N) is 1. The molecule has 0 aromatic carbocycles. The van der Waals surface area contributed by atoms with Crippen molar-refractivity contribution in [3.8, 4) is 0 Å². The van der Waals surface area contributed by atoms with E-state index >= 15 is 0 Å². The van der Waals surface area contributed by atoms with E-state index in [0.717, 1.165) is 12.0 Å². The highest BCUT2D eigenvalue weighted by Crippen LogP contribution is 2.46. The molecule has 0 spiro atoms. The molecule has 84 valence electrons. The Bertz CT molecular complexity index is 232. The van der Waals surface area contributed by atoms with Crippen molar-refractivity contribution in [3.63, 3.8) is 0 Å². The molecule has 1 aliphatic heterocycles. The maximum absolute atomic E-state index is 6.35. The first-order valence-electron chi connectivity index (χ1n) is 6.18. The van der Waals surface area contributed by atoms with E-state index in [0.29, 0.717) is 5.37 Å². The molecule has 1 aliphatic carbocycles. The Morgan fingerprint density at radius 3 is 2.87 bits per heavy atom. The van der Waals surface area contributed by atoms with Crippen LogP contribution in [0.25, 0.3) is 0 Å². The van der Waals surface area contributed by atoms with Crippen LogP contribution in [0.1, 0.15) is 45.4 Å². The Hall–Kier alpha value is 0.375. The van der Waals surface area contributed by atoms with Crippen LogP contribution in [0.4, 0.5) is 0 Å². The lowest BCUT2D eigenvalue weighted by molar-refractivity contribution is 0.210. The summed E-state index contributed by atoms with van der Waals surface area (Å²) < 4.78 is 0. The average molecular weight is 223 g/mol. The van der Waals surface area contributed by atoms with Gasteiger partial charge >= 0.3 is 0 Å². The molecule has 2 aliphatic rings. The summed E-state index contributed by atoms with van der Waals surface area (Å²) in [6, 6.07) is 0.732. The molecule has 0 aromatic rings. The van der Waals surface area contributed by atoms with Gasteiger partial charge in [-0.05, 0) is 25.8 Å². The van der Waals surface area contributed by atoms with E-state index in [1.165, 1.54) is 38.5 Å². The molecule has 0 aromatic heterocycles. The van der Waals surface area contributed by atoms with E-state index in [-0.39, 0.29) is 5.31 Å². The predicted octanol–water partition coefficient (Wildman–Crippen LogP) is 2.87. The Morgan fingerprint density at radius 2 is 2.13 bits per heavy atom. The van der Waals surface area contributed by atoms with Crippen molar-refractivity contribution in [2.75, 3.05) is 7.05 Å². The Kier molecular flexibility index (Phi) is 3.42. The van der Waals surface area contributed by atoms with Crippen molar-refractivity contribution in [1.29, 1.82) is 0 Å². The molecule has 3 heteroatoms. The fourth-order valence-electron chi connectivity index (χ4n) is 3.39. The highest BCUT2D eigenvalue weighted by molar-refractivity contribution is 7.80. The summed E-state index contributed by atoms with van der Waals surface area (Å²) in [4.78, 5) is 2.45. The minimum absolute atomic E-state index is 0.0576. The third kappa shape index (κ3) is 2.55. The van der Waals surface area contributed by atoms with Crippen LogP contribution in [-0.4, -0.2) is 31.2 Å². The molecule has 4 atom stereocenters. The maximum atomic E-state index is 6.35. The van der Waals surface area contributed by atoms with Crippen LogP contribution in [0.5, 0.6) is 0 Å². The molecule has 4 unspecified atom stereocenters. The predicted molar refractivity (Wildman–Crippen MR) is 69.6 cm³/mol. The molecule has 0 N–H and O–H groups in total. The fourth-order valence-corrected chi connectivity index (χ4v) is 3.83. The van der Waals surface area contributed by atoms with Crippen molar-refractivity contribution in [3.05, 3.63) is 0 Å². The lowest BCUT2D eigenvalue weighted by Gasteiger charge is -2.35. The third-order valence-corrected chi connectivity index (χ3v) is 4.85. The van der Waals surface area contributed by atoms with Gasteiger partial charge in [-0.15, -0.1) is 0 Å². The van der Waals surface area contributed by atoms with E-state index in [2.05, 4.69) is 31.5 Å². The molecule has 2 rings (SSSR count). The smallest absolute Gasteiger partial charge is 0.0742 e. The fraction of sp³-hybridized carbons (Fsp3) is 1.00. The van der Waals surface area contributed by atoms with Gasteiger partial charge in [-0.1, -0.05) is 37.9 Å². The first kappa shape index (κ1) is 11.8. The Labute approximate surface area is 101 Å². The number of thiol groups is 1. The van der Waals surface area contributed by atoms with Gasteiger partial charge < -0.3 is 0 Å². The number of hydrogen-bond donors (Lipinski definition) is 1. The molecular weight excluding hydrogens is 201 g/mol. The molecular formula is C12H22BNS. The molecule has 1 saturated heterocycles. The normalized spacial score (nSPS) is 48.3. The lowest BCUT2D eigenvalue weighted by atomic mass is 9.60. The van der Waals surface area contributed by atoms with Gasteiger partial charge in [0, 0.05) is 6.04 Å². The SMILES string of the molecule is [B]C1(C)CCCCC2C(CC(S)N2C)C1. The zero-order valence-electron chi connectivity index (χ0n) is 9.95. The quantitative estimate of drug-likeness (QED) is 0.488. The van der Waals surface area contributed by atoms with Crippen LogP contribution < -0.4 is 0 Å². The average Bonchev–Trinajstić information content (AvgIpc) is 2.35. The van der Waals surface area contributed by atoms with Crippen LogP contribution >= 0.6 is 12.6 Å². The van der Waals surface area contributed by atoms with Crippen LogP contribution in [0, 0.1) is 5.92 Å². The molecule has 2 fully saturated rings. The Morgan fingerprint density at radius 1 is 1.40 bits per heavy atom.